The van der Waals surface area contributed by atoms with Gasteiger partial charge in [0.2, 0.25) is 0 Å². The minimum Gasteiger partial charge on any atom is -0.543 e. The fourth-order valence-corrected chi connectivity index (χ4v) is 2.04. The van der Waals surface area contributed by atoms with E-state index in [1.807, 2.05) is 54.6 Å². The molecule has 0 saturated heterocycles. The lowest BCUT2D eigenvalue weighted by Gasteiger charge is -2.09. The standard InChI is InChI=1S/C14H15O2Si/c1-17(2)16-14-10-8-13(9-11-14)15-12-6-4-3-5-7-12/h3-11H,1-2H3. The van der Waals surface area contributed by atoms with Crippen molar-refractivity contribution in [1.29, 1.82) is 0 Å². The Morgan fingerprint density at radius 1 is 0.706 bits per heavy atom. The Bertz CT molecular complexity index is 451. The van der Waals surface area contributed by atoms with Crippen molar-refractivity contribution in [2.45, 2.75) is 13.1 Å². The SMILES string of the molecule is C[Si](C)Oc1ccc(Oc2ccccc2)cc1. The Balaban J connectivity index is 2.03. The van der Waals surface area contributed by atoms with Gasteiger partial charge in [0.25, 0.3) is 9.04 Å². The summed E-state index contributed by atoms with van der Waals surface area (Å²) in [5.74, 6) is 2.57. The summed E-state index contributed by atoms with van der Waals surface area (Å²) in [6.07, 6.45) is 0. The Morgan fingerprint density at radius 2 is 1.24 bits per heavy atom. The van der Waals surface area contributed by atoms with E-state index in [-0.39, 0.29) is 0 Å². The Hall–Kier alpha value is -1.74. The van der Waals surface area contributed by atoms with E-state index in [1.54, 1.807) is 0 Å². The number of rotatable bonds is 4. The van der Waals surface area contributed by atoms with Gasteiger partial charge in [-0.3, -0.25) is 0 Å². The lowest BCUT2D eigenvalue weighted by Crippen LogP contribution is -2.10. The summed E-state index contributed by atoms with van der Waals surface area (Å²) in [6.45, 7) is 4.22. The summed E-state index contributed by atoms with van der Waals surface area (Å²) in [7, 11) is -0.699. The average Bonchev–Trinajstić information content (AvgIpc) is 2.32. The third kappa shape index (κ3) is 3.64. The van der Waals surface area contributed by atoms with Gasteiger partial charge in [0.1, 0.15) is 17.2 Å². The maximum absolute atomic E-state index is 5.69. The van der Waals surface area contributed by atoms with Crippen LogP contribution in [0.4, 0.5) is 0 Å². The zero-order valence-corrected chi connectivity index (χ0v) is 11.0. The average molecular weight is 243 g/mol. The van der Waals surface area contributed by atoms with Crippen LogP contribution >= 0.6 is 0 Å². The largest absolute Gasteiger partial charge is 0.543 e. The van der Waals surface area contributed by atoms with E-state index in [0.717, 1.165) is 17.2 Å². The van der Waals surface area contributed by atoms with Gasteiger partial charge in [0.05, 0.1) is 0 Å². The maximum Gasteiger partial charge on any atom is 0.274 e. The molecule has 2 aromatic rings. The third-order valence-corrected chi connectivity index (χ3v) is 2.77. The Labute approximate surface area is 104 Å². The molecule has 0 aliphatic heterocycles. The summed E-state index contributed by atoms with van der Waals surface area (Å²) >= 11 is 0. The van der Waals surface area contributed by atoms with Gasteiger partial charge >= 0.3 is 0 Å². The monoisotopic (exact) mass is 243 g/mol. The van der Waals surface area contributed by atoms with Crippen LogP contribution < -0.4 is 9.16 Å². The van der Waals surface area contributed by atoms with Gasteiger partial charge in [0, 0.05) is 0 Å². The first-order chi connectivity index (χ1) is 8.24. The van der Waals surface area contributed by atoms with E-state index < -0.39 is 9.04 Å². The molecule has 0 aromatic heterocycles. The van der Waals surface area contributed by atoms with Crippen LogP contribution in [0.3, 0.4) is 0 Å². The van der Waals surface area contributed by atoms with Crippen molar-refractivity contribution in [3.05, 3.63) is 54.6 Å². The van der Waals surface area contributed by atoms with Crippen molar-refractivity contribution >= 4 is 9.04 Å². The molecular formula is C14H15O2Si. The molecule has 0 bridgehead atoms. The number of para-hydroxylation sites is 1. The highest BCUT2D eigenvalue weighted by atomic mass is 28.3. The van der Waals surface area contributed by atoms with Crippen molar-refractivity contribution in [3.8, 4) is 17.2 Å². The zero-order chi connectivity index (χ0) is 12.1. The molecule has 0 unspecified atom stereocenters. The second kappa shape index (κ2) is 5.55. The second-order valence-corrected chi connectivity index (χ2v) is 5.92. The van der Waals surface area contributed by atoms with E-state index >= 15 is 0 Å². The quantitative estimate of drug-likeness (QED) is 0.752. The van der Waals surface area contributed by atoms with Crippen molar-refractivity contribution < 1.29 is 9.16 Å². The number of ether oxygens (including phenoxy) is 1. The Kier molecular flexibility index (Phi) is 3.83. The molecule has 0 aliphatic carbocycles. The van der Waals surface area contributed by atoms with Gasteiger partial charge in [-0.15, -0.1) is 0 Å². The first-order valence-electron chi connectivity index (χ1n) is 5.55. The van der Waals surface area contributed by atoms with Crippen LogP contribution in [-0.2, 0) is 0 Å². The molecule has 0 fully saturated rings. The molecular weight excluding hydrogens is 228 g/mol. The molecule has 0 saturated carbocycles. The fourth-order valence-electron chi connectivity index (χ4n) is 1.44. The predicted octanol–water partition coefficient (Wildman–Crippen LogP) is 4.11. The molecule has 1 radical (unpaired) electrons. The van der Waals surface area contributed by atoms with E-state index in [4.69, 9.17) is 9.16 Å². The van der Waals surface area contributed by atoms with Crippen LogP contribution in [0.25, 0.3) is 0 Å². The molecule has 2 nitrogen and oxygen atoms in total. The molecule has 87 valence electrons. The normalized spacial score (nSPS) is 10.3. The highest BCUT2D eigenvalue weighted by Gasteiger charge is 2.01. The van der Waals surface area contributed by atoms with Crippen molar-refractivity contribution in [2.75, 3.05) is 0 Å². The lowest BCUT2D eigenvalue weighted by molar-refractivity contribution is 0.481. The molecule has 2 rings (SSSR count). The first kappa shape index (κ1) is 11.7. The van der Waals surface area contributed by atoms with Crippen LogP contribution in [0.2, 0.25) is 13.1 Å². The zero-order valence-electron chi connectivity index (χ0n) is 10.0. The highest BCUT2D eigenvalue weighted by Crippen LogP contribution is 2.23. The van der Waals surface area contributed by atoms with Crippen LogP contribution in [0.5, 0.6) is 17.2 Å². The lowest BCUT2D eigenvalue weighted by atomic mass is 10.3. The summed E-state index contributed by atoms with van der Waals surface area (Å²) in [5, 5.41) is 0. The van der Waals surface area contributed by atoms with Crippen LogP contribution in [0, 0.1) is 0 Å². The van der Waals surface area contributed by atoms with E-state index in [2.05, 4.69) is 13.1 Å². The van der Waals surface area contributed by atoms with E-state index in [9.17, 15) is 0 Å². The maximum atomic E-state index is 5.69. The molecule has 0 atom stereocenters. The predicted molar refractivity (Wildman–Crippen MR) is 71.1 cm³/mol. The van der Waals surface area contributed by atoms with Gasteiger partial charge in [-0.2, -0.15) is 0 Å². The van der Waals surface area contributed by atoms with E-state index in [1.165, 1.54) is 0 Å². The van der Waals surface area contributed by atoms with Gasteiger partial charge in [-0.05, 0) is 49.5 Å². The van der Waals surface area contributed by atoms with E-state index in [0.29, 0.717) is 0 Å². The first-order valence-corrected chi connectivity index (χ1v) is 7.96. The molecule has 2 aromatic carbocycles. The second-order valence-electron chi connectivity index (χ2n) is 3.90. The molecule has 0 heterocycles. The van der Waals surface area contributed by atoms with Crippen LogP contribution in [0.1, 0.15) is 0 Å². The minimum atomic E-state index is -0.699. The number of hydrogen-bond donors (Lipinski definition) is 0. The molecule has 0 aliphatic rings. The fraction of sp³-hybridized carbons (Fsp3) is 0.143. The molecule has 0 amide bonds. The summed E-state index contributed by atoms with van der Waals surface area (Å²) in [6, 6.07) is 17.5. The molecule has 3 heteroatoms. The third-order valence-electron chi connectivity index (χ3n) is 2.12. The summed E-state index contributed by atoms with van der Waals surface area (Å²) in [5.41, 5.74) is 0. The molecule has 0 N–H and O–H groups in total. The van der Waals surface area contributed by atoms with Gasteiger partial charge in [-0.1, -0.05) is 18.2 Å². The van der Waals surface area contributed by atoms with Gasteiger partial charge in [-0.25, -0.2) is 0 Å². The number of benzene rings is 2. The van der Waals surface area contributed by atoms with Gasteiger partial charge < -0.3 is 9.16 Å². The van der Waals surface area contributed by atoms with Gasteiger partial charge in [0.15, 0.2) is 0 Å². The molecule has 0 spiro atoms. The van der Waals surface area contributed by atoms with Crippen LogP contribution in [-0.4, -0.2) is 9.04 Å². The van der Waals surface area contributed by atoms with Crippen LogP contribution in [0.15, 0.2) is 54.6 Å². The Morgan fingerprint density at radius 3 is 1.82 bits per heavy atom. The highest BCUT2D eigenvalue weighted by molar-refractivity contribution is 6.49. The smallest absolute Gasteiger partial charge is 0.274 e. The summed E-state index contributed by atoms with van der Waals surface area (Å²) in [4.78, 5) is 0. The topological polar surface area (TPSA) is 18.5 Å². The van der Waals surface area contributed by atoms with Crippen molar-refractivity contribution in [2.24, 2.45) is 0 Å². The summed E-state index contributed by atoms with van der Waals surface area (Å²) < 4.78 is 11.4. The van der Waals surface area contributed by atoms with Crippen molar-refractivity contribution in [3.63, 3.8) is 0 Å². The number of hydrogen-bond acceptors (Lipinski definition) is 2. The minimum absolute atomic E-state index is 0.699. The van der Waals surface area contributed by atoms with Crippen molar-refractivity contribution in [1.82, 2.24) is 0 Å². The molecule has 17 heavy (non-hydrogen) atoms.